The molecule has 0 radical (unpaired) electrons. The molecule has 0 fully saturated rings. The van der Waals surface area contributed by atoms with E-state index >= 15 is 0 Å². The highest BCUT2D eigenvalue weighted by Gasteiger charge is 2.22. The zero-order valence-corrected chi connectivity index (χ0v) is 16.8. The lowest BCUT2D eigenvalue weighted by molar-refractivity contribution is 0.629. The van der Waals surface area contributed by atoms with Gasteiger partial charge in [-0.25, -0.2) is 0 Å². The Labute approximate surface area is 174 Å². The first-order valence-corrected chi connectivity index (χ1v) is 10.2. The first-order valence-electron chi connectivity index (χ1n) is 10.2. The number of hydrogen-bond donors (Lipinski definition) is 1. The van der Waals surface area contributed by atoms with Crippen LogP contribution in [-0.2, 0) is 13.1 Å². The average Bonchev–Trinajstić information content (AvgIpc) is 3.19. The summed E-state index contributed by atoms with van der Waals surface area (Å²) in [6.07, 6.45) is 0. The van der Waals surface area contributed by atoms with Gasteiger partial charge in [-0.1, -0.05) is 72.8 Å². The van der Waals surface area contributed by atoms with Crippen LogP contribution < -0.4 is 10.9 Å². The zero-order chi connectivity index (χ0) is 20.5. The van der Waals surface area contributed by atoms with Gasteiger partial charge >= 0.3 is 0 Å². The Bertz CT molecular complexity index is 1380. The van der Waals surface area contributed by atoms with Gasteiger partial charge in [0.15, 0.2) is 5.58 Å². The molecule has 0 bridgehead atoms. The van der Waals surface area contributed by atoms with Crippen LogP contribution in [0.5, 0.6) is 0 Å². The molecular formula is C26H22N2O2. The van der Waals surface area contributed by atoms with E-state index in [9.17, 15) is 4.79 Å². The van der Waals surface area contributed by atoms with Crippen molar-refractivity contribution in [1.29, 1.82) is 0 Å². The van der Waals surface area contributed by atoms with Gasteiger partial charge in [0.05, 0.1) is 16.5 Å². The van der Waals surface area contributed by atoms with Crippen molar-refractivity contribution in [2.45, 2.75) is 20.0 Å². The largest absolute Gasteiger partial charge is 0.439 e. The number of fused-ring (bicyclic) bond motifs is 3. The summed E-state index contributed by atoms with van der Waals surface area (Å²) in [4.78, 5) is 13.5. The molecule has 1 N–H and O–H groups in total. The third-order valence-electron chi connectivity index (χ3n) is 5.48. The van der Waals surface area contributed by atoms with Crippen molar-refractivity contribution < 1.29 is 4.42 Å². The second-order valence-corrected chi connectivity index (χ2v) is 7.28. The molecule has 3 aromatic carbocycles. The Morgan fingerprint density at radius 2 is 1.53 bits per heavy atom. The molecule has 148 valence electrons. The van der Waals surface area contributed by atoms with Gasteiger partial charge in [0, 0.05) is 18.5 Å². The van der Waals surface area contributed by atoms with Crippen LogP contribution in [0.3, 0.4) is 0 Å². The van der Waals surface area contributed by atoms with Crippen molar-refractivity contribution in [1.82, 2.24) is 4.57 Å². The fourth-order valence-corrected chi connectivity index (χ4v) is 4.07. The van der Waals surface area contributed by atoms with Gasteiger partial charge in [-0.2, -0.15) is 0 Å². The van der Waals surface area contributed by atoms with Crippen molar-refractivity contribution in [3.8, 4) is 11.1 Å². The first kappa shape index (κ1) is 18.3. The van der Waals surface area contributed by atoms with Crippen LogP contribution in [-0.4, -0.2) is 4.57 Å². The van der Waals surface area contributed by atoms with Crippen molar-refractivity contribution in [3.63, 3.8) is 0 Å². The van der Waals surface area contributed by atoms with Crippen molar-refractivity contribution >= 4 is 27.8 Å². The molecule has 0 unspecified atom stereocenters. The molecule has 0 spiro atoms. The average molecular weight is 394 g/mol. The molecule has 0 aliphatic heterocycles. The number of para-hydroxylation sites is 1. The van der Waals surface area contributed by atoms with Gasteiger partial charge in [-0.15, -0.1) is 0 Å². The molecule has 0 saturated carbocycles. The number of hydrogen-bond acceptors (Lipinski definition) is 3. The Kier molecular flexibility index (Phi) is 4.60. The molecule has 2 heterocycles. The maximum absolute atomic E-state index is 13.5. The minimum absolute atomic E-state index is 0.0263. The SMILES string of the molecule is CCn1c(=O)c2c(-c3ccccc3)c(NCc3ccccc3)oc2c2ccccc21. The number of nitrogens with zero attached hydrogens (tertiary/aromatic N) is 1. The summed E-state index contributed by atoms with van der Waals surface area (Å²) in [6.45, 7) is 3.21. The van der Waals surface area contributed by atoms with E-state index < -0.39 is 0 Å². The number of anilines is 1. The third kappa shape index (κ3) is 2.98. The fraction of sp³-hybridized carbons (Fsp3) is 0.115. The lowest BCUT2D eigenvalue weighted by atomic mass is 10.0. The number of furan rings is 1. The molecule has 0 aliphatic rings. The summed E-state index contributed by atoms with van der Waals surface area (Å²) in [5.41, 5.74) is 4.42. The second-order valence-electron chi connectivity index (χ2n) is 7.28. The van der Waals surface area contributed by atoms with Crippen molar-refractivity contribution in [2.24, 2.45) is 0 Å². The highest BCUT2D eigenvalue weighted by atomic mass is 16.4. The normalized spacial score (nSPS) is 11.2. The van der Waals surface area contributed by atoms with Gasteiger partial charge in [-0.3, -0.25) is 4.79 Å². The molecule has 0 atom stereocenters. The first-order chi connectivity index (χ1) is 14.8. The molecule has 0 amide bonds. The fourth-order valence-electron chi connectivity index (χ4n) is 4.07. The summed E-state index contributed by atoms with van der Waals surface area (Å²) < 4.78 is 8.16. The highest BCUT2D eigenvalue weighted by molar-refractivity contribution is 6.10. The van der Waals surface area contributed by atoms with Crippen LogP contribution in [0, 0.1) is 0 Å². The molecule has 4 nitrogen and oxygen atoms in total. The van der Waals surface area contributed by atoms with Crippen LogP contribution in [0.2, 0.25) is 0 Å². The molecule has 0 aliphatic carbocycles. The monoisotopic (exact) mass is 394 g/mol. The van der Waals surface area contributed by atoms with E-state index in [-0.39, 0.29) is 5.56 Å². The number of aromatic nitrogens is 1. The van der Waals surface area contributed by atoms with Gasteiger partial charge in [0.1, 0.15) is 0 Å². The number of rotatable bonds is 5. The maximum atomic E-state index is 13.5. The molecule has 5 aromatic rings. The second kappa shape index (κ2) is 7.56. The molecule has 0 saturated heterocycles. The summed E-state index contributed by atoms with van der Waals surface area (Å²) in [6, 6.07) is 28.1. The van der Waals surface area contributed by atoms with E-state index in [0.717, 1.165) is 27.6 Å². The predicted molar refractivity (Wildman–Crippen MR) is 123 cm³/mol. The Morgan fingerprint density at radius 3 is 2.27 bits per heavy atom. The van der Waals surface area contributed by atoms with E-state index in [4.69, 9.17) is 4.42 Å². The molecule has 5 rings (SSSR count). The Hall–Kier alpha value is -3.79. The van der Waals surface area contributed by atoms with Crippen LogP contribution >= 0.6 is 0 Å². The number of aryl methyl sites for hydroxylation is 1. The van der Waals surface area contributed by atoms with Gasteiger partial charge in [-0.05, 0) is 30.2 Å². The third-order valence-corrected chi connectivity index (χ3v) is 5.48. The topological polar surface area (TPSA) is 47.2 Å². The summed E-state index contributed by atoms with van der Waals surface area (Å²) in [5.74, 6) is 0.621. The van der Waals surface area contributed by atoms with Crippen LogP contribution in [0.4, 0.5) is 5.88 Å². The molecule has 30 heavy (non-hydrogen) atoms. The molecule has 2 aromatic heterocycles. The maximum Gasteiger partial charge on any atom is 0.262 e. The van der Waals surface area contributed by atoms with E-state index in [0.29, 0.717) is 29.9 Å². The minimum Gasteiger partial charge on any atom is -0.439 e. The standard InChI is InChI=1S/C26H22N2O2/c1-2-28-21-16-10-9-15-20(21)24-23(26(28)29)22(19-13-7-4-8-14-19)25(30-24)27-17-18-11-5-3-6-12-18/h3-16,27H,2,17H2,1H3. The van der Waals surface area contributed by atoms with Gasteiger partial charge in [0.2, 0.25) is 5.88 Å². The smallest absolute Gasteiger partial charge is 0.262 e. The van der Waals surface area contributed by atoms with E-state index in [1.165, 1.54) is 0 Å². The summed E-state index contributed by atoms with van der Waals surface area (Å²) in [5, 5.41) is 5.00. The van der Waals surface area contributed by atoms with Gasteiger partial charge in [0.25, 0.3) is 5.56 Å². The van der Waals surface area contributed by atoms with Crippen molar-refractivity contribution in [2.75, 3.05) is 5.32 Å². The zero-order valence-electron chi connectivity index (χ0n) is 16.8. The highest BCUT2D eigenvalue weighted by Crippen LogP contribution is 2.39. The number of pyridine rings is 1. The van der Waals surface area contributed by atoms with E-state index in [2.05, 4.69) is 17.4 Å². The quantitative estimate of drug-likeness (QED) is 0.395. The van der Waals surface area contributed by atoms with Crippen LogP contribution in [0.25, 0.3) is 33.0 Å². The Morgan fingerprint density at radius 1 is 0.867 bits per heavy atom. The van der Waals surface area contributed by atoms with E-state index in [1.54, 1.807) is 0 Å². The lowest BCUT2D eigenvalue weighted by Gasteiger charge is -2.09. The number of benzene rings is 3. The van der Waals surface area contributed by atoms with Crippen LogP contribution in [0.15, 0.2) is 94.1 Å². The van der Waals surface area contributed by atoms with Gasteiger partial charge < -0.3 is 14.3 Å². The summed E-state index contributed by atoms with van der Waals surface area (Å²) in [7, 11) is 0. The minimum atomic E-state index is -0.0263. The van der Waals surface area contributed by atoms with Crippen LogP contribution in [0.1, 0.15) is 12.5 Å². The lowest BCUT2D eigenvalue weighted by Crippen LogP contribution is -2.19. The van der Waals surface area contributed by atoms with E-state index in [1.807, 2.05) is 84.3 Å². The van der Waals surface area contributed by atoms with Crippen molar-refractivity contribution in [3.05, 3.63) is 101 Å². The Balaban J connectivity index is 1.80. The number of nitrogens with one attached hydrogen (secondary N) is 1. The predicted octanol–water partition coefficient (Wildman–Crippen LogP) is 6.05. The molecular weight excluding hydrogens is 372 g/mol. The summed E-state index contributed by atoms with van der Waals surface area (Å²) >= 11 is 0. The molecule has 4 heteroatoms.